The van der Waals surface area contributed by atoms with Crippen LogP contribution in [0.15, 0.2) is 42.5 Å². The van der Waals surface area contributed by atoms with Crippen LogP contribution in [-0.4, -0.2) is 43.0 Å². The second-order valence-corrected chi connectivity index (χ2v) is 6.90. The smallest absolute Gasteiger partial charge is 0.258 e. The van der Waals surface area contributed by atoms with Crippen molar-refractivity contribution in [1.29, 1.82) is 0 Å². The molecule has 0 aromatic heterocycles. The number of aryl methyl sites for hydroxylation is 1. The Morgan fingerprint density at radius 3 is 2.54 bits per heavy atom. The number of anilines is 1. The molecule has 6 heteroatoms. The molecule has 0 aliphatic carbocycles. The highest BCUT2D eigenvalue weighted by Crippen LogP contribution is 2.26. The number of methoxy groups -OCH3 is 1. The second kappa shape index (κ2) is 7.38. The van der Waals surface area contributed by atoms with Crippen LogP contribution in [0.3, 0.4) is 0 Å². The van der Waals surface area contributed by atoms with Gasteiger partial charge < -0.3 is 14.5 Å². The molecule has 1 atom stereocenters. The summed E-state index contributed by atoms with van der Waals surface area (Å²) >= 11 is 5.92. The lowest BCUT2D eigenvalue weighted by Gasteiger charge is -2.39. The summed E-state index contributed by atoms with van der Waals surface area (Å²) in [6.45, 7) is 4.34. The quantitative estimate of drug-likeness (QED) is 0.828. The molecule has 1 heterocycles. The zero-order valence-electron chi connectivity index (χ0n) is 15.0. The minimum atomic E-state index is -0.196. The van der Waals surface area contributed by atoms with Crippen LogP contribution in [0.5, 0.6) is 5.75 Å². The van der Waals surface area contributed by atoms with Crippen molar-refractivity contribution in [2.75, 3.05) is 25.1 Å². The Kier molecular flexibility index (Phi) is 5.18. The van der Waals surface area contributed by atoms with E-state index in [2.05, 4.69) is 0 Å². The normalized spacial score (nSPS) is 17.4. The van der Waals surface area contributed by atoms with Gasteiger partial charge in [-0.25, -0.2) is 0 Å². The molecule has 0 radical (unpaired) electrons. The van der Waals surface area contributed by atoms with Crippen LogP contribution < -0.4 is 9.64 Å². The first-order valence-corrected chi connectivity index (χ1v) is 8.80. The Balaban J connectivity index is 1.82. The molecule has 1 fully saturated rings. The van der Waals surface area contributed by atoms with Gasteiger partial charge in [0.1, 0.15) is 12.3 Å². The van der Waals surface area contributed by atoms with Crippen LogP contribution in [0.25, 0.3) is 0 Å². The summed E-state index contributed by atoms with van der Waals surface area (Å²) in [6.07, 6.45) is 0. The number of benzene rings is 2. The number of ether oxygens (including phenoxy) is 1. The highest BCUT2D eigenvalue weighted by molar-refractivity contribution is 6.30. The summed E-state index contributed by atoms with van der Waals surface area (Å²) in [5.74, 6) is 0.207. The van der Waals surface area contributed by atoms with Crippen LogP contribution in [0.4, 0.5) is 5.69 Å². The van der Waals surface area contributed by atoms with E-state index in [0.717, 1.165) is 11.3 Å². The molecule has 5 nitrogen and oxygen atoms in total. The Labute approximate surface area is 158 Å². The largest absolute Gasteiger partial charge is 0.496 e. The Hall–Kier alpha value is -2.53. The van der Waals surface area contributed by atoms with E-state index >= 15 is 0 Å². The molecule has 1 saturated heterocycles. The van der Waals surface area contributed by atoms with Crippen molar-refractivity contribution < 1.29 is 14.3 Å². The van der Waals surface area contributed by atoms with E-state index in [4.69, 9.17) is 16.3 Å². The zero-order valence-corrected chi connectivity index (χ0v) is 15.8. The maximum Gasteiger partial charge on any atom is 0.258 e. The predicted molar refractivity (Wildman–Crippen MR) is 102 cm³/mol. The third-order valence-electron chi connectivity index (χ3n) is 4.57. The standard InChI is InChI=1S/C20H21ClN2O3/c1-13-4-9-17(18(10-13)26-3)20(25)22-12-19(24)23(11-14(22)2)16-7-5-15(21)6-8-16/h4-10,14H,11-12H2,1-3H3/t14-/m1/s1. The van der Waals surface area contributed by atoms with Crippen LogP contribution in [0.1, 0.15) is 22.8 Å². The van der Waals surface area contributed by atoms with Crippen LogP contribution in [-0.2, 0) is 4.79 Å². The zero-order chi connectivity index (χ0) is 18.8. The maximum atomic E-state index is 13.0. The third-order valence-corrected chi connectivity index (χ3v) is 4.82. The van der Waals surface area contributed by atoms with E-state index in [1.807, 2.05) is 38.1 Å². The molecule has 2 aromatic carbocycles. The topological polar surface area (TPSA) is 49.9 Å². The number of hydrogen-bond acceptors (Lipinski definition) is 3. The van der Waals surface area contributed by atoms with E-state index in [1.54, 1.807) is 35.1 Å². The number of rotatable bonds is 3. The van der Waals surface area contributed by atoms with Gasteiger partial charge in [0.25, 0.3) is 5.91 Å². The van der Waals surface area contributed by atoms with Crippen LogP contribution >= 0.6 is 11.6 Å². The summed E-state index contributed by atoms with van der Waals surface area (Å²) in [5, 5.41) is 0.620. The van der Waals surface area contributed by atoms with Crippen molar-refractivity contribution in [3.05, 3.63) is 58.6 Å². The van der Waals surface area contributed by atoms with Crippen LogP contribution in [0.2, 0.25) is 5.02 Å². The summed E-state index contributed by atoms with van der Waals surface area (Å²) in [6, 6.07) is 12.4. The summed E-state index contributed by atoms with van der Waals surface area (Å²) in [4.78, 5) is 28.9. The van der Waals surface area contributed by atoms with Gasteiger partial charge in [-0.3, -0.25) is 9.59 Å². The van der Waals surface area contributed by atoms with E-state index in [9.17, 15) is 9.59 Å². The molecule has 1 aliphatic heterocycles. The average Bonchev–Trinajstić information content (AvgIpc) is 2.63. The third kappa shape index (κ3) is 3.53. The van der Waals surface area contributed by atoms with Crippen molar-refractivity contribution in [3.63, 3.8) is 0 Å². The molecular formula is C20H21ClN2O3. The number of carbonyl (C=O) groups excluding carboxylic acids is 2. The summed E-state index contributed by atoms with van der Waals surface area (Å²) < 4.78 is 5.35. The SMILES string of the molecule is COc1cc(C)ccc1C(=O)N1CC(=O)N(c2ccc(Cl)cc2)C[C@H]1C. The van der Waals surface area contributed by atoms with Gasteiger partial charge in [-0.2, -0.15) is 0 Å². The number of nitrogens with zero attached hydrogens (tertiary/aromatic N) is 2. The number of amides is 2. The Morgan fingerprint density at radius 1 is 1.19 bits per heavy atom. The van der Waals surface area contributed by atoms with Crippen molar-refractivity contribution in [2.24, 2.45) is 0 Å². The van der Waals surface area contributed by atoms with Crippen molar-refractivity contribution in [3.8, 4) is 5.75 Å². The first kappa shape index (κ1) is 18.3. The van der Waals surface area contributed by atoms with Gasteiger partial charge in [0.2, 0.25) is 5.91 Å². The molecule has 2 aromatic rings. The fourth-order valence-corrected chi connectivity index (χ4v) is 3.25. The van der Waals surface area contributed by atoms with Gasteiger partial charge in [0.15, 0.2) is 0 Å². The lowest BCUT2D eigenvalue weighted by molar-refractivity contribution is -0.121. The lowest BCUT2D eigenvalue weighted by atomic mass is 10.1. The Bertz CT molecular complexity index is 835. The molecule has 0 saturated carbocycles. The molecule has 3 rings (SSSR count). The average molecular weight is 373 g/mol. The van der Waals surface area contributed by atoms with Crippen molar-refractivity contribution in [2.45, 2.75) is 19.9 Å². The summed E-state index contributed by atoms with van der Waals surface area (Å²) in [5.41, 5.74) is 2.26. The highest BCUT2D eigenvalue weighted by Gasteiger charge is 2.34. The minimum Gasteiger partial charge on any atom is -0.496 e. The number of halogens is 1. The molecule has 0 N–H and O–H groups in total. The molecular weight excluding hydrogens is 352 g/mol. The van der Waals surface area contributed by atoms with E-state index in [1.165, 1.54) is 0 Å². The second-order valence-electron chi connectivity index (χ2n) is 6.47. The fraction of sp³-hybridized carbons (Fsp3) is 0.300. The highest BCUT2D eigenvalue weighted by atomic mass is 35.5. The van der Waals surface area contributed by atoms with E-state index in [-0.39, 0.29) is 24.4 Å². The lowest BCUT2D eigenvalue weighted by Crippen LogP contribution is -2.57. The molecule has 0 spiro atoms. The molecule has 0 bridgehead atoms. The van der Waals surface area contributed by atoms with Gasteiger partial charge in [0, 0.05) is 23.3 Å². The molecule has 136 valence electrons. The van der Waals surface area contributed by atoms with E-state index in [0.29, 0.717) is 22.9 Å². The van der Waals surface area contributed by atoms with Crippen molar-refractivity contribution >= 4 is 29.1 Å². The number of carbonyl (C=O) groups is 2. The first-order chi connectivity index (χ1) is 12.4. The predicted octanol–water partition coefficient (Wildman–Crippen LogP) is 3.53. The Morgan fingerprint density at radius 2 is 1.88 bits per heavy atom. The maximum absolute atomic E-state index is 13.0. The van der Waals surface area contributed by atoms with Gasteiger partial charge in [-0.05, 0) is 55.8 Å². The molecule has 1 aliphatic rings. The summed E-state index contributed by atoms with van der Waals surface area (Å²) in [7, 11) is 1.54. The minimum absolute atomic E-state index is 0.0274. The molecule has 2 amide bonds. The van der Waals surface area contributed by atoms with E-state index < -0.39 is 0 Å². The molecule has 0 unspecified atom stereocenters. The first-order valence-electron chi connectivity index (χ1n) is 8.42. The number of piperazine rings is 1. The van der Waals surface area contributed by atoms with Gasteiger partial charge in [-0.15, -0.1) is 0 Å². The van der Waals surface area contributed by atoms with Gasteiger partial charge >= 0.3 is 0 Å². The van der Waals surface area contributed by atoms with Crippen LogP contribution in [0, 0.1) is 6.92 Å². The number of hydrogen-bond donors (Lipinski definition) is 0. The fourth-order valence-electron chi connectivity index (χ4n) is 3.12. The molecule has 26 heavy (non-hydrogen) atoms. The van der Waals surface area contributed by atoms with Gasteiger partial charge in [0.05, 0.1) is 12.7 Å². The van der Waals surface area contributed by atoms with Crippen molar-refractivity contribution in [1.82, 2.24) is 4.90 Å². The van der Waals surface area contributed by atoms with Gasteiger partial charge in [-0.1, -0.05) is 17.7 Å². The monoisotopic (exact) mass is 372 g/mol.